The van der Waals surface area contributed by atoms with E-state index in [-0.39, 0.29) is 17.3 Å². The van der Waals surface area contributed by atoms with Gasteiger partial charge in [-0.3, -0.25) is 4.79 Å². The van der Waals surface area contributed by atoms with Crippen LogP contribution in [-0.2, 0) is 14.3 Å². The quantitative estimate of drug-likeness (QED) is 0.723. The average Bonchev–Trinajstić information content (AvgIpc) is 2.45. The molecule has 1 saturated heterocycles. The van der Waals surface area contributed by atoms with Gasteiger partial charge in [0.15, 0.2) is 0 Å². The number of thioether (sulfide) groups is 1. The van der Waals surface area contributed by atoms with Crippen LogP contribution in [0.1, 0.15) is 40.0 Å². The maximum atomic E-state index is 12.4. The van der Waals surface area contributed by atoms with E-state index in [1.807, 2.05) is 0 Å². The van der Waals surface area contributed by atoms with Gasteiger partial charge in [0.05, 0.1) is 6.61 Å². The molecule has 1 atom stereocenters. The summed E-state index contributed by atoms with van der Waals surface area (Å²) in [6.45, 7) is 7.66. The van der Waals surface area contributed by atoms with Gasteiger partial charge in [0.1, 0.15) is 6.04 Å². The van der Waals surface area contributed by atoms with Gasteiger partial charge in [-0.15, -0.1) is 0 Å². The van der Waals surface area contributed by atoms with Gasteiger partial charge in [0.2, 0.25) is 5.91 Å². The summed E-state index contributed by atoms with van der Waals surface area (Å²) >= 11 is 1.70. The fourth-order valence-electron chi connectivity index (χ4n) is 2.44. The van der Waals surface area contributed by atoms with E-state index in [1.54, 1.807) is 23.6 Å². The molecule has 1 unspecified atom stereocenters. The molecule has 1 heterocycles. The number of carbonyl (C=O) groups is 2. The highest BCUT2D eigenvalue weighted by Gasteiger charge is 2.33. The third kappa shape index (κ3) is 5.87. The van der Waals surface area contributed by atoms with Crippen LogP contribution in [0.15, 0.2) is 0 Å². The van der Waals surface area contributed by atoms with Crippen LogP contribution in [0, 0.1) is 5.41 Å². The molecular formula is C15H28N2O3S. The van der Waals surface area contributed by atoms with Crippen molar-refractivity contribution in [1.29, 1.82) is 0 Å². The van der Waals surface area contributed by atoms with Crippen molar-refractivity contribution >= 4 is 23.6 Å². The van der Waals surface area contributed by atoms with Gasteiger partial charge in [0, 0.05) is 24.5 Å². The lowest BCUT2D eigenvalue weighted by molar-refractivity contribution is -0.154. The van der Waals surface area contributed by atoms with Crippen LogP contribution >= 0.6 is 11.8 Å². The van der Waals surface area contributed by atoms with E-state index in [1.165, 1.54) is 0 Å². The minimum absolute atomic E-state index is 0.0541. The molecule has 6 heteroatoms. The number of hydrogen-bond acceptors (Lipinski definition) is 5. The summed E-state index contributed by atoms with van der Waals surface area (Å²) in [6, 6.07) is -0.422. The highest BCUT2D eigenvalue weighted by atomic mass is 32.2. The number of nitrogens with two attached hydrogens (primary N) is 1. The molecule has 0 spiro atoms. The maximum Gasteiger partial charge on any atom is 0.329 e. The smallest absolute Gasteiger partial charge is 0.329 e. The van der Waals surface area contributed by atoms with Gasteiger partial charge in [-0.05, 0) is 31.7 Å². The van der Waals surface area contributed by atoms with Crippen LogP contribution in [0.3, 0.4) is 0 Å². The summed E-state index contributed by atoms with van der Waals surface area (Å²) in [5.41, 5.74) is 5.66. The standard InChI is InChI=1S/C15H28N2O3S/c1-4-20-14(19)12-11-21-10-9-17(12)13(18)5-6-15(2,3)7-8-16/h12H,4-11,16H2,1-3H3. The van der Waals surface area contributed by atoms with Crippen molar-refractivity contribution in [2.24, 2.45) is 11.1 Å². The van der Waals surface area contributed by atoms with Crippen molar-refractivity contribution in [3.8, 4) is 0 Å². The van der Waals surface area contributed by atoms with Crippen molar-refractivity contribution in [1.82, 2.24) is 4.90 Å². The molecular weight excluding hydrogens is 288 g/mol. The first-order chi connectivity index (χ1) is 9.91. The number of amides is 1. The van der Waals surface area contributed by atoms with E-state index in [0.29, 0.717) is 31.9 Å². The predicted octanol–water partition coefficient (Wildman–Crippen LogP) is 1.65. The van der Waals surface area contributed by atoms with Crippen LogP contribution in [-0.4, -0.2) is 54.0 Å². The molecule has 5 nitrogen and oxygen atoms in total. The first kappa shape index (κ1) is 18.3. The first-order valence-corrected chi connectivity index (χ1v) is 8.80. The molecule has 122 valence electrons. The third-order valence-electron chi connectivity index (χ3n) is 3.84. The zero-order chi connectivity index (χ0) is 15.9. The Hall–Kier alpha value is -0.750. The number of esters is 1. The van der Waals surface area contributed by atoms with E-state index in [4.69, 9.17) is 10.5 Å². The summed E-state index contributed by atoms with van der Waals surface area (Å²) in [5.74, 6) is 1.29. The van der Waals surface area contributed by atoms with Gasteiger partial charge < -0.3 is 15.4 Å². The van der Waals surface area contributed by atoms with Crippen molar-refractivity contribution in [2.75, 3.05) is 31.2 Å². The molecule has 0 aromatic carbocycles. The Bertz CT molecular complexity index is 361. The van der Waals surface area contributed by atoms with Gasteiger partial charge in [-0.2, -0.15) is 11.8 Å². The van der Waals surface area contributed by atoms with Crippen LogP contribution in [0.4, 0.5) is 0 Å². The molecule has 0 radical (unpaired) electrons. The van der Waals surface area contributed by atoms with Gasteiger partial charge in [-0.25, -0.2) is 4.79 Å². The van der Waals surface area contributed by atoms with E-state index in [2.05, 4.69) is 13.8 Å². The predicted molar refractivity (Wildman–Crippen MR) is 86.1 cm³/mol. The van der Waals surface area contributed by atoms with Gasteiger partial charge in [-0.1, -0.05) is 13.8 Å². The Labute approximate surface area is 132 Å². The Morgan fingerprint density at radius 1 is 1.38 bits per heavy atom. The van der Waals surface area contributed by atoms with Crippen LogP contribution < -0.4 is 5.73 Å². The molecule has 1 aliphatic rings. The molecule has 0 aromatic heterocycles. The molecule has 1 fully saturated rings. The SMILES string of the molecule is CCOC(=O)C1CSCCN1C(=O)CCC(C)(C)CCN. The second-order valence-electron chi connectivity index (χ2n) is 6.13. The van der Waals surface area contributed by atoms with Gasteiger partial charge in [0.25, 0.3) is 0 Å². The fourth-order valence-corrected chi connectivity index (χ4v) is 3.47. The maximum absolute atomic E-state index is 12.4. The Balaban J connectivity index is 2.59. The number of nitrogens with zero attached hydrogens (tertiary/aromatic N) is 1. The lowest BCUT2D eigenvalue weighted by atomic mass is 9.84. The van der Waals surface area contributed by atoms with Crippen LogP contribution in [0.5, 0.6) is 0 Å². The lowest BCUT2D eigenvalue weighted by Gasteiger charge is -2.34. The number of rotatable bonds is 7. The summed E-state index contributed by atoms with van der Waals surface area (Å²) in [4.78, 5) is 26.1. The van der Waals surface area contributed by atoms with E-state index < -0.39 is 6.04 Å². The van der Waals surface area contributed by atoms with Crippen molar-refractivity contribution in [3.05, 3.63) is 0 Å². The summed E-state index contributed by atoms with van der Waals surface area (Å²) in [6.07, 6.45) is 2.16. The zero-order valence-corrected chi connectivity index (χ0v) is 14.2. The average molecular weight is 316 g/mol. The van der Waals surface area contributed by atoms with Crippen molar-refractivity contribution < 1.29 is 14.3 Å². The monoisotopic (exact) mass is 316 g/mol. The van der Waals surface area contributed by atoms with Gasteiger partial charge >= 0.3 is 5.97 Å². The lowest BCUT2D eigenvalue weighted by Crippen LogP contribution is -2.51. The number of hydrogen-bond donors (Lipinski definition) is 1. The minimum Gasteiger partial charge on any atom is -0.464 e. The van der Waals surface area contributed by atoms with Crippen molar-refractivity contribution in [3.63, 3.8) is 0 Å². The number of carbonyl (C=O) groups excluding carboxylic acids is 2. The second kappa shape index (κ2) is 8.63. The zero-order valence-electron chi connectivity index (χ0n) is 13.4. The molecule has 0 saturated carbocycles. The second-order valence-corrected chi connectivity index (χ2v) is 7.28. The van der Waals surface area contributed by atoms with Crippen molar-refractivity contribution in [2.45, 2.75) is 46.1 Å². The number of ether oxygens (including phenoxy) is 1. The first-order valence-electron chi connectivity index (χ1n) is 7.65. The molecule has 0 aromatic rings. The fraction of sp³-hybridized carbons (Fsp3) is 0.867. The molecule has 0 bridgehead atoms. The molecule has 21 heavy (non-hydrogen) atoms. The topological polar surface area (TPSA) is 72.6 Å². The molecule has 1 amide bonds. The van der Waals surface area contributed by atoms with E-state index in [9.17, 15) is 9.59 Å². The molecule has 2 N–H and O–H groups in total. The highest BCUT2D eigenvalue weighted by molar-refractivity contribution is 7.99. The molecule has 0 aliphatic carbocycles. The third-order valence-corrected chi connectivity index (χ3v) is 4.87. The Morgan fingerprint density at radius 2 is 2.10 bits per heavy atom. The largest absolute Gasteiger partial charge is 0.464 e. The normalized spacial score (nSPS) is 19.4. The summed E-state index contributed by atoms with van der Waals surface area (Å²) in [5, 5.41) is 0. The molecule has 1 aliphatic heterocycles. The highest BCUT2D eigenvalue weighted by Crippen LogP contribution is 2.27. The molecule has 1 rings (SSSR count). The minimum atomic E-state index is -0.422. The Morgan fingerprint density at radius 3 is 2.71 bits per heavy atom. The Kier molecular flexibility index (Phi) is 7.52. The summed E-state index contributed by atoms with van der Waals surface area (Å²) in [7, 11) is 0. The van der Waals surface area contributed by atoms with Crippen LogP contribution in [0.25, 0.3) is 0 Å². The summed E-state index contributed by atoms with van der Waals surface area (Å²) < 4.78 is 5.08. The van der Waals surface area contributed by atoms with E-state index >= 15 is 0 Å². The van der Waals surface area contributed by atoms with E-state index in [0.717, 1.165) is 18.6 Å². The van der Waals surface area contributed by atoms with Crippen LogP contribution in [0.2, 0.25) is 0 Å².